The summed E-state index contributed by atoms with van der Waals surface area (Å²) in [6, 6.07) is 0. The second-order valence-corrected chi connectivity index (χ2v) is 5.39. The Hall–Kier alpha value is 0. The van der Waals surface area contributed by atoms with Gasteiger partial charge in [0.05, 0.1) is 0 Å². The third-order valence-electron chi connectivity index (χ3n) is 2.59. The summed E-state index contributed by atoms with van der Waals surface area (Å²) in [4.78, 5) is 0. The largest absolute Gasteiger partial charge is 0.0651 e. The number of unbranched alkanes of at least 4 members (excludes halogenated alkanes) is 2. The van der Waals surface area contributed by atoms with Crippen LogP contribution in [0, 0.1) is 18.3 Å². The maximum atomic E-state index is 3.88. The van der Waals surface area contributed by atoms with Crippen molar-refractivity contribution in [1.82, 2.24) is 0 Å². The van der Waals surface area contributed by atoms with E-state index in [1.54, 1.807) is 0 Å². The zero-order valence-corrected chi connectivity index (χ0v) is 10.0. The van der Waals surface area contributed by atoms with Crippen LogP contribution in [0.3, 0.4) is 0 Å². The summed E-state index contributed by atoms with van der Waals surface area (Å²) in [5.74, 6) is 0.937. The molecule has 1 radical (unpaired) electrons. The molecular weight excluding hydrogens is 156 g/mol. The smallest absolute Gasteiger partial charge is 0.0380 e. The average molecular weight is 183 g/mol. The van der Waals surface area contributed by atoms with Gasteiger partial charge in [-0.05, 0) is 17.8 Å². The fourth-order valence-electron chi connectivity index (χ4n) is 1.93. The van der Waals surface area contributed by atoms with E-state index >= 15 is 0 Å². The molecule has 0 aliphatic heterocycles. The Kier molecular flexibility index (Phi) is 6.45. The minimum absolute atomic E-state index is 0.505. The standard InChI is InChI=1S/C13H27/c1-6-8-9-10-12(7-2)11-13(3,4)5/h12H,1,6-11H2,2-5H3. The Morgan fingerprint density at radius 3 is 2.15 bits per heavy atom. The molecule has 0 heteroatoms. The average Bonchev–Trinajstić information content (AvgIpc) is 2.01. The molecule has 13 heavy (non-hydrogen) atoms. The molecule has 0 nitrogen and oxygen atoms in total. The van der Waals surface area contributed by atoms with Gasteiger partial charge in [-0.3, -0.25) is 0 Å². The lowest BCUT2D eigenvalue weighted by atomic mass is 9.81. The second-order valence-electron chi connectivity index (χ2n) is 5.39. The molecule has 0 rings (SSSR count). The van der Waals surface area contributed by atoms with Crippen molar-refractivity contribution in [2.75, 3.05) is 0 Å². The second kappa shape index (κ2) is 6.45. The first kappa shape index (κ1) is 13.0. The summed E-state index contributed by atoms with van der Waals surface area (Å²) in [7, 11) is 0. The summed E-state index contributed by atoms with van der Waals surface area (Å²) in [6.07, 6.45) is 7.91. The van der Waals surface area contributed by atoms with Crippen LogP contribution >= 0.6 is 0 Å². The molecule has 0 aliphatic carbocycles. The maximum absolute atomic E-state index is 3.88. The lowest BCUT2D eigenvalue weighted by Gasteiger charge is -2.25. The van der Waals surface area contributed by atoms with Gasteiger partial charge in [0.2, 0.25) is 0 Å². The van der Waals surface area contributed by atoms with Gasteiger partial charge in [-0.2, -0.15) is 0 Å². The van der Waals surface area contributed by atoms with E-state index in [2.05, 4.69) is 34.6 Å². The SMILES string of the molecule is [CH2]CCCCC(CC)CC(C)(C)C. The highest BCUT2D eigenvalue weighted by Gasteiger charge is 2.16. The molecule has 0 N–H and O–H groups in total. The number of hydrogen-bond acceptors (Lipinski definition) is 0. The van der Waals surface area contributed by atoms with Crippen LogP contribution in [0.4, 0.5) is 0 Å². The molecule has 0 aromatic heterocycles. The van der Waals surface area contributed by atoms with Gasteiger partial charge in [-0.15, -0.1) is 0 Å². The monoisotopic (exact) mass is 183 g/mol. The molecule has 0 aliphatic rings. The highest BCUT2D eigenvalue weighted by molar-refractivity contribution is 4.68. The van der Waals surface area contributed by atoms with Crippen molar-refractivity contribution < 1.29 is 0 Å². The first-order valence-electron chi connectivity index (χ1n) is 5.79. The van der Waals surface area contributed by atoms with Gasteiger partial charge in [0.1, 0.15) is 0 Å². The first-order valence-corrected chi connectivity index (χ1v) is 5.79. The summed E-state index contributed by atoms with van der Waals surface area (Å²) < 4.78 is 0. The predicted octanol–water partition coefficient (Wildman–Crippen LogP) is 4.84. The van der Waals surface area contributed by atoms with Crippen LogP contribution < -0.4 is 0 Å². The number of rotatable bonds is 6. The zero-order chi connectivity index (χ0) is 10.3. The summed E-state index contributed by atoms with van der Waals surface area (Å²) in [6.45, 7) is 13.2. The Labute approximate surface area is 85.1 Å². The molecule has 0 amide bonds. The highest BCUT2D eigenvalue weighted by Crippen LogP contribution is 2.29. The minimum Gasteiger partial charge on any atom is -0.0651 e. The van der Waals surface area contributed by atoms with Crippen molar-refractivity contribution in [3.05, 3.63) is 6.92 Å². The van der Waals surface area contributed by atoms with Gasteiger partial charge in [-0.1, -0.05) is 66.7 Å². The third kappa shape index (κ3) is 8.33. The van der Waals surface area contributed by atoms with Gasteiger partial charge in [0.25, 0.3) is 0 Å². The molecular formula is C13H27. The molecule has 1 unspecified atom stereocenters. The lowest BCUT2D eigenvalue weighted by molar-refractivity contribution is 0.271. The first-order chi connectivity index (χ1) is 5.99. The maximum Gasteiger partial charge on any atom is -0.0380 e. The van der Waals surface area contributed by atoms with Gasteiger partial charge in [-0.25, -0.2) is 0 Å². The normalized spacial score (nSPS) is 14.5. The Bertz CT molecular complexity index is 108. The van der Waals surface area contributed by atoms with Crippen LogP contribution in [-0.4, -0.2) is 0 Å². The van der Waals surface area contributed by atoms with Crippen LogP contribution in [0.1, 0.15) is 66.2 Å². The molecule has 0 aromatic carbocycles. The fraction of sp³-hybridized carbons (Fsp3) is 0.923. The molecule has 1 atom stereocenters. The zero-order valence-electron chi connectivity index (χ0n) is 10.0. The van der Waals surface area contributed by atoms with Crippen molar-refractivity contribution in [1.29, 1.82) is 0 Å². The van der Waals surface area contributed by atoms with E-state index in [0.29, 0.717) is 5.41 Å². The molecule has 79 valence electrons. The summed E-state index contributed by atoms with van der Waals surface area (Å²) in [5.41, 5.74) is 0.505. The van der Waals surface area contributed by atoms with E-state index in [-0.39, 0.29) is 0 Å². The summed E-state index contributed by atoms with van der Waals surface area (Å²) >= 11 is 0. The predicted molar refractivity (Wildman–Crippen MR) is 61.7 cm³/mol. The van der Waals surface area contributed by atoms with Crippen molar-refractivity contribution in [3.8, 4) is 0 Å². The van der Waals surface area contributed by atoms with E-state index < -0.39 is 0 Å². The fourth-order valence-corrected chi connectivity index (χ4v) is 1.93. The molecule has 0 fully saturated rings. The van der Waals surface area contributed by atoms with Gasteiger partial charge >= 0.3 is 0 Å². The van der Waals surface area contributed by atoms with Gasteiger partial charge in [0.15, 0.2) is 0 Å². The lowest BCUT2D eigenvalue weighted by Crippen LogP contribution is -2.12. The van der Waals surface area contributed by atoms with E-state index in [1.807, 2.05) is 0 Å². The van der Waals surface area contributed by atoms with E-state index in [9.17, 15) is 0 Å². The molecule has 0 aromatic rings. The van der Waals surface area contributed by atoms with E-state index in [4.69, 9.17) is 0 Å². The Morgan fingerprint density at radius 1 is 1.15 bits per heavy atom. The topological polar surface area (TPSA) is 0 Å². The van der Waals surface area contributed by atoms with Crippen molar-refractivity contribution in [3.63, 3.8) is 0 Å². The Morgan fingerprint density at radius 2 is 1.77 bits per heavy atom. The summed E-state index contributed by atoms with van der Waals surface area (Å²) in [5, 5.41) is 0. The van der Waals surface area contributed by atoms with E-state index in [1.165, 1.54) is 32.1 Å². The van der Waals surface area contributed by atoms with Crippen LogP contribution in [0.15, 0.2) is 0 Å². The van der Waals surface area contributed by atoms with Crippen molar-refractivity contribution in [2.45, 2.75) is 66.2 Å². The van der Waals surface area contributed by atoms with Crippen LogP contribution in [0.5, 0.6) is 0 Å². The minimum atomic E-state index is 0.505. The van der Waals surface area contributed by atoms with Crippen molar-refractivity contribution in [2.24, 2.45) is 11.3 Å². The van der Waals surface area contributed by atoms with Crippen LogP contribution in [0.25, 0.3) is 0 Å². The molecule has 0 saturated carbocycles. The molecule has 0 saturated heterocycles. The van der Waals surface area contributed by atoms with Gasteiger partial charge < -0.3 is 0 Å². The van der Waals surface area contributed by atoms with Gasteiger partial charge in [0, 0.05) is 0 Å². The quantitative estimate of drug-likeness (QED) is 0.517. The molecule has 0 bridgehead atoms. The Balaban J connectivity index is 3.63. The highest BCUT2D eigenvalue weighted by atomic mass is 14.2. The van der Waals surface area contributed by atoms with Crippen LogP contribution in [0.2, 0.25) is 0 Å². The van der Waals surface area contributed by atoms with E-state index in [0.717, 1.165) is 12.3 Å². The van der Waals surface area contributed by atoms with Crippen LogP contribution in [-0.2, 0) is 0 Å². The number of hydrogen-bond donors (Lipinski definition) is 0. The van der Waals surface area contributed by atoms with Crippen molar-refractivity contribution >= 4 is 0 Å². The molecule has 0 heterocycles. The molecule has 0 spiro atoms. The third-order valence-corrected chi connectivity index (χ3v) is 2.59.